The van der Waals surface area contributed by atoms with E-state index in [1.807, 2.05) is 0 Å². The van der Waals surface area contributed by atoms with Crippen molar-refractivity contribution >= 4 is 27.3 Å². The first kappa shape index (κ1) is 15.8. The van der Waals surface area contributed by atoms with Gasteiger partial charge in [-0.2, -0.15) is 0 Å². The van der Waals surface area contributed by atoms with Crippen LogP contribution >= 0.6 is 11.6 Å². The summed E-state index contributed by atoms with van der Waals surface area (Å²) in [5.74, 6) is 0.0137. The lowest BCUT2D eigenvalue weighted by Gasteiger charge is -2.34. The van der Waals surface area contributed by atoms with Crippen LogP contribution in [-0.4, -0.2) is 48.7 Å². The average molecular weight is 296 g/mol. The third-order valence-electron chi connectivity index (χ3n) is 3.79. The predicted molar refractivity (Wildman–Crippen MR) is 73.6 cm³/mol. The van der Waals surface area contributed by atoms with E-state index < -0.39 is 14.6 Å². The van der Waals surface area contributed by atoms with Crippen LogP contribution in [0.25, 0.3) is 0 Å². The fourth-order valence-corrected chi connectivity index (χ4v) is 2.88. The zero-order chi connectivity index (χ0) is 14.0. The minimum Gasteiger partial charge on any atom is -0.337 e. The third-order valence-corrected chi connectivity index (χ3v) is 5.99. The lowest BCUT2D eigenvalue weighted by Crippen LogP contribution is -2.53. The standard InChI is InChI=1S/C12H22ClNO3S/c1-12(2,18(3,16)17)11(15)14(9-8-13)10-6-4-5-7-10/h10H,4-9H2,1-3H3. The first-order valence-electron chi connectivity index (χ1n) is 6.28. The van der Waals surface area contributed by atoms with E-state index in [9.17, 15) is 13.2 Å². The molecule has 4 nitrogen and oxygen atoms in total. The van der Waals surface area contributed by atoms with Crippen LogP contribution in [0.3, 0.4) is 0 Å². The molecule has 1 aliphatic rings. The molecule has 0 radical (unpaired) electrons. The molecule has 106 valence electrons. The Bertz CT molecular complexity index is 400. The Balaban J connectivity index is 2.95. The Morgan fingerprint density at radius 1 is 1.33 bits per heavy atom. The quantitative estimate of drug-likeness (QED) is 0.727. The molecule has 18 heavy (non-hydrogen) atoms. The highest BCUT2D eigenvalue weighted by atomic mass is 35.5. The molecule has 0 aromatic carbocycles. The van der Waals surface area contributed by atoms with E-state index in [0.29, 0.717) is 12.4 Å². The van der Waals surface area contributed by atoms with Gasteiger partial charge in [-0.05, 0) is 26.7 Å². The summed E-state index contributed by atoms with van der Waals surface area (Å²) in [6, 6.07) is 0.150. The molecule has 0 N–H and O–H groups in total. The number of nitrogens with zero attached hydrogens (tertiary/aromatic N) is 1. The number of carbonyl (C=O) groups excluding carboxylic acids is 1. The van der Waals surface area contributed by atoms with Crippen molar-refractivity contribution in [3.8, 4) is 0 Å². The zero-order valence-corrected chi connectivity index (χ0v) is 12.9. The second-order valence-electron chi connectivity index (χ2n) is 5.41. The maximum Gasteiger partial charge on any atom is 0.243 e. The topological polar surface area (TPSA) is 54.5 Å². The monoisotopic (exact) mass is 295 g/mol. The minimum atomic E-state index is -3.43. The molecule has 0 aliphatic heterocycles. The maximum absolute atomic E-state index is 12.5. The first-order chi connectivity index (χ1) is 8.21. The highest BCUT2D eigenvalue weighted by Gasteiger charge is 2.43. The number of halogens is 1. The van der Waals surface area contributed by atoms with Crippen molar-refractivity contribution in [3.05, 3.63) is 0 Å². The number of rotatable bonds is 5. The average Bonchev–Trinajstić information content (AvgIpc) is 2.76. The summed E-state index contributed by atoms with van der Waals surface area (Å²) in [6.07, 6.45) is 5.19. The van der Waals surface area contributed by atoms with E-state index in [2.05, 4.69) is 0 Å². The summed E-state index contributed by atoms with van der Waals surface area (Å²) in [4.78, 5) is 14.1. The molecule has 1 rings (SSSR count). The van der Waals surface area contributed by atoms with Crippen LogP contribution in [0.1, 0.15) is 39.5 Å². The van der Waals surface area contributed by atoms with Crippen molar-refractivity contribution in [2.75, 3.05) is 18.7 Å². The van der Waals surface area contributed by atoms with Crippen molar-refractivity contribution in [3.63, 3.8) is 0 Å². The summed E-state index contributed by atoms with van der Waals surface area (Å²) < 4.78 is 22.1. The van der Waals surface area contributed by atoms with Crippen LogP contribution in [0.5, 0.6) is 0 Å². The molecule has 1 amide bonds. The van der Waals surface area contributed by atoms with E-state index in [1.165, 1.54) is 13.8 Å². The molecule has 0 aromatic heterocycles. The summed E-state index contributed by atoms with van der Waals surface area (Å²) in [5, 5.41) is 0. The van der Waals surface area contributed by atoms with E-state index in [1.54, 1.807) is 4.90 Å². The first-order valence-corrected chi connectivity index (χ1v) is 8.71. The normalized spacial score (nSPS) is 18.0. The SMILES string of the molecule is CC(C)(C(=O)N(CCCl)C1CCCC1)S(C)(=O)=O. The van der Waals surface area contributed by atoms with Crippen LogP contribution in [0.4, 0.5) is 0 Å². The summed E-state index contributed by atoms with van der Waals surface area (Å²) in [7, 11) is -3.43. The molecule has 0 unspecified atom stereocenters. The fraction of sp³-hybridized carbons (Fsp3) is 0.917. The van der Waals surface area contributed by atoms with Gasteiger partial charge < -0.3 is 4.90 Å². The molecule has 6 heteroatoms. The number of hydrogen-bond donors (Lipinski definition) is 0. The molecule has 1 fully saturated rings. The molecule has 0 atom stereocenters. The molecule has 0 saturated heterocycles. The highest BCUT2D eigenvalue weighted by Crippen LogP contribution is 2.27. The van der Waals surface area contributed by atoms with Crippen molar-refractivity contribution in [2.45, 2.75) is 50.3 Å². The van der Waals surface area contributed by atoms with Gasteiger partial charge in [0.2, 0.25) is 5.91 Å². The second-order valence-corrected chi connectivity index (χ2v) is 8.35. The lowest BCUT2D eigenvalue weighted by atomic mass is 10.1. The maximum atomic E-state index is 12.5. The van der Waals surface area contributed by atoms with Gasteiger partial charge in [0.15, 0.2) is 9.84 Å². The van der Waals surface area contributed by atoms with Gasteiger partial charge >= 0.3 is 0 Å². The molecular formula is C12H22ClNO3S. The van der Waals surface area contributed by atoms with Gasteiger partial charge in [-0.25, -0.2) is 8.42 Å². The number of hydrogen-bond acceptors (Lipinski definition) is 3. The molecule has 0 heterocycles. The van der Waals surface area contributed by atoms with Crippen LogP contribution in [0.15, 0.2) is 0 Å². The second kappa shape index (κ2) is 5.78. The largest absolute Gasteiger partial charge is 0.337 e. The van der Waals surface area contributed by atoms with E-state index in [0.717, 1.165) is 31.9 Å². The van der Waals surface area contributed by atoms with Crippen molar-refractivity contribution in [1.29, 1.82) is 0 Å². The van der Waals surface area contributed by atoms with E-state index in [-0.39, 0.29) is 11.9 Å². The Morgan fingerprint density at radius 3 is 2.22 bits per heavy atom. The lowest BCUT2D eigenvalue weighted by molar-refractivity contribution is -0.135. The Morgan fingerprint density at radius 2 is 1.83 bits per heavy atom. The Kier molecular flexibility index (Phi) is 5.06. The van der Waals surface area contributed by atoms with Gasteiger partial charge in [0.25, 0.3) is 0 Å². The fourth-order valence-electron chi connectivity index (χ4n) is 2.26. The molecule has 1 aliphatic carbocycles. The van der Waals surface area contributed by atoms with Gasteiger partial charge in [-0.1, -0.05) is 12.8 Å². The number of alkyl halides is 1. The zero-order valence-electron chi connectivity index (χ0n) is 11.3. The van der Waals surface area contributed by atoms with Crippen LogP contribution in [-0.2, 0) is 14.6 Å². The molecule has 0 aromatic rings. The van der Waals surface area contributed by atoms with Crippen LogP contribution in [0.2, 0.25) is 0 Å². The molecule has 0 bridgehead atoms. The van der Waals surface area contributed by atoms with Gasteiger partial charge in [-0.15, -0.1) is 11.6 Å². The van der Waals surface area contributed by atoms with E-state index >= 15 is 0 Å². The van der Waals surface area contributed by atoms with Gasteiger partial charge in [-0.3, -0.25) is 4.79 Å². The summed E-state index contributed by atoms with van der Waals surface area (Å²) >= 11 is 5.74. The van der Waals surface area contributed by atoms with Crippen LogP contribution < -0.4 is 0 Å². The molecule has 0 spiro atoms. The number of amides is 1. The Labute approximate surface area is 115 Å². The third kappa shape index (κ3) is 3.18. The number of carbonyl (C=O) groups is 1. The molecular weight excluding hydrogens is 274 g/mol. The minimum absolute atomic E-state index is 0.150. The number of sulfone groups is 1. The van der Waals surface area contributed by atoms with Gasteiger partial charge in [0, 0.05) is 24.7 Å². The van der Waals surface area contributed by atoms with Gasteiger partial charge in [0.05, 0.1) is 0 Å². The smallest absolute Gasteiger partial charge is 0.243 e. The highest BCUT2D eigenvalue weighted by molar-refractivity contribution is 7.92. The van der Waals surface area contributed by atoms with Crippen molar-refractivity contribution < 1.29 is 13.2 Å². The Hall–Kier alpha value is -0.290. The predicted octanol–water partition coefficient (Wildman–Crippen LogP) is 1.82. The van der Waals surface area contributed by atoms with E-state index in [4.69, 9.17) is 11.6 Å². The summed E-state index contributed by atoms with van der Waals surface area (Å²) in [5.41, 5.74) is 0. The summed E-state index contributed by atoms with van der Waals surface area (Å²) in [6.45, 7) is 3.37. The van der Waals surface area contributed by atoms with Crippen molar-refractivity contribution in [1.82, 2.24) is 4.90 Å². The van der Waals surface area contributed by atoms with Gasteiger partial charge in [0.1, 0.15) is 4.75 Å². The van der Waals surface area contributed by atoms with Crippen molar-refractivity contribution in [2.24, 2.45) is 0 Å². The van der Waals surface area contributed by atoms with Crippen LogP contribution in [0, 0.1) is 0 Å². The molecule has 1 saturated carbocycles.